The van der Waals surface area contributed by atoms with Crippen LogP contribution < -0.4 is 0 Å². The van der Waals surface area contributed by atoms with Gasteiger partial charge in [-0.25, -0.2) is 9.98 Å². The molecule has 0 aliphatic carbocycles. The molecular formula is C12H19N3S. The molecule has 0 aromatic carbocycles. The van der Waals surface area contributed by atoms with Gasteiger partial charge in [0, 0.05) is 13.6 Å². The molecule has 1 aromatic heterocycles. The van der Waals surface area contributed by atoms with Gasteiger partial charge in [-0.05, 0) is 38.7 Å². The molecule has 0 radical (unpaired) electrons. The van der Waals surface area contributed by atoms with Gasteiger partial charge in [-0.2, -0.15) is 0 Å². The van der Waals surface area contributed by atoms with Crippen LogP contribution in [0.4, 0.5) is 5.69 Å². The minimum Gasteiger partial charge on any atom is -0.366 e. The summed E-state index contributed by atoms with van der Waals surface area (Å²) in [5, 5.41) is 1.08. The van der Waals surface area contributed by atoms with E-state index < -0.39 is 0 Å². The number of nitrogens with zero attached hydrogens (tertiary/aromatic N) is 3. The van der Waals surface area contributed by atoms with Crippen LogP contribution in [0.3, 0.4) is 0 Å². The van der Waals surface area contributed by atoms with Crippen LogP contribution in [0.15, 0.2) is 16.1 Å². The Bertz CT molecular complexity index is 388. The topological polar surface area (TPSA) is 28.5 Å². The molecule has 4 heteroatoms. The Morgan fingerprint density at radius 3 is 2.75 bits per heavy atom. The lowest BCUT2D eigenvalue weighted by molar-refractivity contribution is 0.552. The van der Waals surface area contributed by atoms with Crippen molar-refractivity contribution >= 4 is 23.8 Å². The van der Waals surface area contributed by atoms with E-state index >= 15 is 0 Å². The molecule has 0 saturated carbocycles. The SMILES string of the molecule is CCN(C)C=Nc1cc(C)c(SC)nc1C. The summed E-state index contributed by atoms with van der Waals surface area (Å²) in [5.74, 6) is 0. The molecule has 0 N–H and O–H groups in total. The lowest BCUT2D eigenvalue weighted by atomic mass is 10.2. The van der Waals surface area contributed by atoms with Gasteiger partial charge in [-0.3, -0.25) is 0 Å². The number of rotatable bonds is 4. The predicted molar refractivity (Wildman–Crippen MR) is 71.9 cm³/mol. The predicted octanol–water partition coefficient (Wildman–Crippen LogP) is 3.03. The van der Waals surface area contributed by atoms with E-state index in [4.69, 9.17) is 0 Å². The lowest BCUT2D eigenvalue weighted by Crippen LogP contribution is -2.14. The minimum absolute atomic E-state index is 0.954. The van der Waals surface area contributed by atoms with Crippen LogP contribution in [0, 0.1) is 13.8 Å². The summed E-state index contributed by atoms with van der Waals surface area (Å²) in [6, 6.07) is 2.09. The molecule has 0 saturated heterocycles. The largest absolute Gasteiger partial charge is 0.366 e. The summed E-state index contributed by atoms with van der Waals surface area (Å²) in [4.78, 5) is 11.0. The first kappa shape index (κ1) is 13.0. The molecule has 3 nitrogen and oxygen atoms in total. The highest BCUT2D eigenvalue weighted by Gasteiger charge is 2.04. The molecule has 0 aliphatic rings. The Kier molecular flexibility index (Phi) is 4.80. The molecule has 1 aromatic rings. The smallest absolute Gasteiger partial charge is 0.0991 e. The van der Waals surface area contributed by atoms with Crippen LogP contribution in [0.1, 0.15) is 18.2 Å². The fraction of sp³-hybridized carbons (Fsp3) is 0.500. The Morgan fingerprint density at radius 1 is 1.50 bits per heavy atom. The monoisotopic (exact) mass is 237 g/mol. The van der Waals surface area contributed by atoms with Crippen LogP contribution in [0.5, 0.6) is 0 Å². The first-order chi connectivity index (χ1) is 7.58. The van der Waals surface area contributed by atoms with Crippen molar-refractivity contribution in [3.63, 3.8) is 0 Å². The third-order valence-electron chi connectivity index (χ3n) is 2.42. The van der Waals surface area contributed by atoms with Gasteiger partial charge >= 0.3 is 0 Å². The van der Waals surface area contributed by atoms with Gasteiger partial charge in [0.2, 0.25) is 0 Å². The second kappa shape index (κ2) is 5.89. The van der Waals surface area contributed by atoms with Gasteiger partial charge in [0.1, 0.15) is 0 Å². The van der Waals surface area contributed by atoms with E-state index in [1.165, 1.54) is 5.56 Å². The van der Waals surface area contributed by atoms with Crippen molar-refractivity contribution in [2.45, 2.75) is 25.8 Å². The van der Waals surface area contributed by atoms with Crippen molar-refractivity contribution in [1.82, 2.24) is 9.88 Å². The fourth-order valence-corrected chi connectivity index (χ4v) is 1.86. The van der Waals surface area contributed by atoms with E-state index in [1.54, 1.807) is 11.8 Å². The summed E-state index contributed by atoms with van der Waals surface area (Å²) < 4.78 is 0. The number of aryl methyl sites for hydroxylation is 2. The van der Waals surface area contributed by atoms with E-state index in [9.17, 15) is 0 Å². The fourth-order valence-electron chi connectivity index (χ4n) is 1.25. The van der Waals surface area contributed by atoms with Crippen LogP contribution in [-0.2, 0) is 0 Å². The molecule has 0 aliphatic heterocycles. The van der Waals surface area contributed by atoms with Crippen molar-refractivity contribution in [3.05, 3.63) is 17.3 Å². The molecule has 0 spiro atoms. The molecule has 0 fully saturated rings. The van der Waals surface area contributed by atoms with E-state index in [0.717, 1.165) is 23.0 Å². The molecule has 0 atom stereocenters. The average Bonchev–Trinajstić information content (AvgIpc) is 2.29. The highest BCUT2D eigenvalue weighted by atomic mass is 32.2. The Morgan fingerprint density at radius 2 is 2.19 bits per heavy atom. The van der Waals surface area contributed by atoms with E-state index in [0.29, 0.717) is 0 Å². The van der Waals surface area contributed by atoms with Crippen LogP contribution in [0.2, 0.25) is 0 Å². The quantitative estimate of drug-likeness (QED) is 0.458. The number of aliphatic imine (C=N–C) groups is 1. The summed E-state index contributed by atoms with van der Waals surface area (Å²) in [6.07, 6.45) is 3.89. The highest BCUT2D eigenvalue weighted by molar-refractivity contribution is 7.98. The summed E-state index contributed by atoms with van der Waals surface area (Å²) in [5.41, 5.74) is 3.12. The maximum Gasteiger partial charge on any atom is 0.0991 e. The zero-order chi connectivity index (χ0) is 12.1. The number of aromatic nitrogens is 1. The number of thioether (sulfide) groups is 1. The first-order valence-corrected chi connectivity index (χ1v) is 6.57. The van der Waals surface area contributed by atoms with E-state index in [-0.39, 0.29) is 0 Å². The zero-order valence-electron chi connectivity index (χ0n) is 10.6. The average molecular weight is 237 g/mol. The molecule has 0 bridgehead atoms. The van der Waals surface area contributed by atoms with Crippen molar-refractivity contribution in [3.8, 4) is 0 Å². The number of hydrogen-bond acceptors (Lipinski definition) is 3. The van der Waals surface area contributed by atoms with Gasteiger partial charge in [0.15, 0.2) is 0 Å². The standard InChI is InChI=1S/C12H19N3S/c1-6-15(4)8-13-11-7-9(2)12(16-5)14-10(11)3/h7-8H,6H2,1-5H3. The Labute approximate surface area is 102 Å². The molecule has 16 heavy (non-hydrogen) atoms. The molecular weight excluding hydrogens is 218 g/mol. The van der Waals surface area contributed by atoms with Gasteiger partial charge in [0.05, 0.1) is 22.7 Å². The summed E-state index contributed by atoms with van der Waals surface area (Å²) in [7, 11) is 2.01. The Hall–Kier alpha value is -1.03. The highest BCUT2D eigenvalue weighted by Crippen LogP contribution is 2.24. The number of hydrogen-bond donors (Lipinski definition) is 0. The van der Waals surface area contributed by atoms with Crippen LogP contribution in [0.25, 0.3) is 0 Å². The molecule has 1 rings (SSSR count). The second-order valence-corrected chi connectivity index (χ2v) is 4.53. The van der Waals surface area contributed by atoms with Crippen LogP contribution >= 0.6 is 11.8 Å². The van der Waals surface area contributed by atoms with Gasteiger partial charge in [-0.1, -0.05) is 0 Å². The molecule has 0 unspecified atom stereocenters. The van der Waals surface area contributed by atoms with E-state index in [1.807, 2.05) is 31.5 Å². The molecule has 88 valence electrons. The van der Waals surface area contributed by atoms with Gasteiger partial charge in [0.25, 0.3) is 0 Å². The minimum atomic E-state index is 0.954. The lowest BCUT2D eigenvalue weighted by Gasteiger charge is -2.10. The van der Waals surface area contributed by atoms with Crippen LogP contribution in [-0.4, -0.2) is 36.1 Å². The maximum atomic E-state index is 4.53. The molecule has 0 amide bonds. The first-order valence-electron chi connectivity index (χ1n) is 5.35. The van der Waals surface area contributed by atoms with Crippen molar-refractivity contribution in [2.24, 2.45) is 4.99 Å². The van der Waals surface area contributed by atoms with Crippen molar-refractivity contribution in [2.75, 3.05) is 19.8 Å². The summed E-state index contributed by atoms with van der Waals surface area (Å²) >= 11 is 1.67. The maximum absolute atomic E-state index is 4.53. The van der Waals surface area contributed by atoms with Crippen molar-refractivity contribution < 1.29 is 0 Å². The third-order valence-corrected chi connectivity index (χ3v) is 3.22. The van der Waals surface area contributed by atoms with Gasteiger partial charge < -0.3 is 4.90 Å². The summed E-state index contributed by atoms with van der Waals surface area (Å²) in [6.45, 7) is 7.12. The normalized spacial score (nSPS) is 11.1. The third kappa shape index (κ3) is 3.23. The Balaban J connectivity index is 2.98. The zero-order valence-corrected chi connectivity index (χ0v) is 11.4. The second-order valence-electron chi connectivity index (χ2n) is 3.74. The van der Waals surface area contributed by atoms with E-state index in [2.05, 4.69) is 29.9 Å². The van der Waals surface area contributed by atoms with Crippen molar-refractivity contribution in [1.29, 1.82) is 0 Å². The molecule has 1 heterocycles. The number of pyridine rings is 1. The van der Waals surface area contributed by atoms with Gasteiger partial charge in [-0.15, -0.1) is 11.8 Å².